The second-order valence-electron chi connectivity index (χ2n) is 9.88. The van der Waals surface area contributed by atoms with Crippen LogP contribution in [0.15, 0.2) is 84.9 Å². The molecule has 4 heteroatoms. The van der Waals surface area contributed by atoms with Crippen LogP contribution in [0, 0.1) is 0 Å². The molecule has 4 nitrogen and oxygen atoms in total. The lowest BCUT2D eigenvalue weighted by Crippen LogP contribution is -2.42. The van der Waals surface area contributed by atoms with Gasteiger partial charge in [0.1, 0.15) is 0 Å². The van der Waals surface area contributed by atoms with Crippen molar-refractivity contribution < 1.29 is 0 Å². The highest BCUT2D eigenvalue weighted by molar-refractivity contribution is 5.56. The third-order valence-electron chi connectivity index (χ3n) is 7.37. The molecule has 2 saturated carbocycles. The molecular weight excluding hydrogens is 416 g/mol. The lowest BCUT2D eigenvalue weighted by Gasteiger charge is -2.35. The number of hydrogen-bond donors (Lipinski definition) is 4. The average molecular weight is 455 g/mol. The molecule has 0 unspecified atom stereocenters. The number of anilines is 4. The molecule has 0 amide bonds. The predicted octanol–water partition coefficient (Wildman–Crippen LogP) is 7.36. The molecule has 34 heavy (non-hydrogen) atoms. The topological polar surface area (TPSA) is 48.1 Å². The van der Waals surface area contributed by atoms with Gasteiger partial charge in [-0.15, -0.1) is 0 Å². The minimum atomic E-state index is 0.450. The number of nitrogens with one attached hydrogen (secondary N) is 4. The largest absolute Gasteiger partial charge is 0.380 e. The van der Waals surface area contributed by atoms with Gasteiger partial charge in [0.05, 0.1) is 0 Å². The summed E-state index contributed by atoms with van der Waals surface area (Å²) in [5, 5.41) is 15.2. The van der Waals surface area contributed by atoms with Crippen molar-refractivity contribution in [3.05, 3.63) is 84.9 Å². The van der Waals surface area contributed by atoms with Crippen LogP contribution < -0.4 is 21.3 Å². The Balaban J connectivity index is 1.19. The van der Waals surface area contributed by atoms with E-state index in [2.05, 4.69) is 106 Å². The molecule has 4 atom stereocenters. The highest BCUT2D eigenvalue weighted by atomic mass is 15.0. The Morgan fingerprint density at radius 1 is 0.353 bits per heavy atom. The van der Waals surface area contributed by atoms with Crippen LogP contribution >= 0.6 is 0 Å². The SMILES string of the molecule is c1ccc(N[C@H]2CCCC[C@@H]2Nc2ccc(N[C@H]3CCCC[C@@H]3Nc3ccccc3)cc2)cc1. The second-order valence-corrected chi connectivity index (χ2v) is 9.88. The zero-order valence-electron chi connectivity index (χ0n) is 20.0. The molecule has 0 spiro atoms. The summed E-state index contributed by atoms with van der Waals surface area (Å²) in [4.78, 5) is 0. The van der Waals surface area contributed by atoms with Crippen molar-refractivity contribution in [2.24, 2.45) is 0 Å². The average Bonchev–Trinajstić information content (AvgIpc) is 2.89. The van der Waals surface area contributed by atoms with Crippen molar-refractivity contribution in [1.29, 1.82) is 0 Å². The van der Waals surface area contributed by atoms with Gasteiger partial charge < -0.3 is 21.3 Å². The van der Waals surface area contributed by atoms with E-state index in [4.69, 9.17) is 0 Å². The number of rotatable bonds is 8. The normalized spacial score (nSPS) is 24.7. The van der Waals surface area contributed by atoms with Crippen LogP contribution in [0.2, 0.25) is 0 Å². The summed E-state index contributed by atoms with van der Waals surface area (Å²) in [7, 11) is 0. The van der Waals surface area contributed by atoms with Crippen LogP contribution in [-0.4, -0.2) is 24.2 Å². The van der Waals surface area contributed by atoms with Gasteiger partial charge in [-0.25, -0.2) is 0 Å². The molecule has 3 aromatic carbocycles. The van der Waals surface area contributed by atoms with E-state index in [0.29, 0.717) is 24.2 Å². The molecule has 2 aliphatic carbocycles. The maximum atomic E-state index is 3.82. The monoisotopic (exact) mass is 454 g/mol. The van der Waals surface area contributed by atoms with E-state index in [0.717, 1.165) is 0 Å². The minimum Gasteiger partial charge on any atom is -0.380 e. The van der Waals surface area contributed by atoms with E-state index in [-0.39, 0.29) is 0 Å². The predicted molar refractivity (Wildman–Crippen MR) is 146 cm³/mol. The first-order chi connectivity index (χ1) is 16.8. The molecule has 0 bridgehead atoms. The molecule has 4 N–H and O–H groups in total. The van der Waals surface area contributed by atoms with Gasteiger partial charge in [-0.05, 0) is 74.2 Å². The summed E-state index contributed by atoms with van der Waals surface area (Å²) in [5.74, 6) is 0. The summed E-state index contributed by atoms with van der Waals surface area (Å²) in [6, 6.07) is 32.0. The molecule has 2 aliphatic rings. The van der Waals surface area contributed by atoms with Crippen molar-refractivity contribution in [2.75, 3.05) is 21.3 Å². The number of benzene rings is 3. The summed E-state index contributed by atoms with van der Waals surface area (Å²) >= 11 is 0. The first-order valence-electron chi connectivity index (χ1n) is 13.1. The van der Waals surface area contributed by atoms with Gasteiger partial charge in [0.15, 0.2) is 0 Å². The third-order valence-corrected chi connectivity index (χ3v) is 7.37. The first-order valence-corrected chi connectivity index (χ1v) is 13.1. The second kappa shape index (κ2) is 11.3. The zero-order chi connectivity index (χ0) is 23.0. The van der Waals surface area contributed by atoms with Crippen molar-refractivity contribution >= 4 is 22.7 Å². The summed E-state index contributed by atoms with van der Waals surface area (Å²) in [6.45, 7) is 0. The van der Waals surface area contributed by atoms with Crippen LogP contribution in [0.25, 0.3) is 0 Å². The molecule has 3 aromatic rings. The van der Waals surface area contributed by atoms with Crippen LogP contribution in [0.4, 0.5) is 22.7 Å². The molecule has 0 aromatic heterocycles. The zero-order valence-corrected chi connectivity index (χ0v) is 20.0. The highest BCUT2D eigenvalue weighted by Crippen LogP contribution is 2.28. The van der Waals surface area contributed by atoms with Gasteiger partial charge in [0.25, 0.3) is 0 Å². The van der Waals surface area contributed by atoms with Crippen LogP contribution in [-0.2, 0) is 0 Å². The summed E-state index contributed by atoms with van der Waals surface area (Å²) in [5.41, 5.74) is 4.85. The van der Waals surface area contributed by atoms with E-state index in [1.807, 2.05) is 0 Å². The Kier molecular flexibility index (Phi) is 7.54. The van der Waals surface area contributed by atoms with Gasteiger partial charge in [-0.1, -0.05) is 62.1 Å². The van der Waals surface area contributed by atoms with E-state index in [9.17, 15) is 0 Å². The molecular formula is C30H38N4. The van der Waals surface area contributed by atoms with Gasteiger partial charge >= 0.3 is 0 Å². The molecule has 0 radical (unpaired) electrons. The smallest absolute Gasteiger partial charge is 0.0462 e. The van der Waals surface area contributed by atoms with Crippen molar-refractivity contribution in [3.63, 3.8) is 0 Å². The molecule has 0 saturated heterocycles. The van der Waals surface area contributed by atoms with Gasteiger partial charge in [0.2, 0.25) is 0 Å². The molecule has 0 heterocycles. The molecule has 178 valence electrons. The van der Waals surface area contributed by atoms with E-state index >= 15 is 0 Å². The van der Waals surface area contributed by atoms with Gasteiger partial charge in [0, 0.05) is 46.9 Å². The van der Waals surface area contributed by atoms with Crippen LogP contribution in [0.1, 0.15) is 51.4 Å². The fourth-order valence-electron chi connectivity index (χ4n) is 5.54. The Morgan fingerprint density at radius 3 is 0.912 bits per heavy atom. The van der Waals surface area contributed by atoms with Gasteiger partial charge in [-0.2, -0.15) is 0 Å². The fraction of sp³-hybridized carbons (Fsp3) is 0.400. The Bertz CT molecular complexity index is 907. The van der Waals surface area contributed by atoms with E-state index in [1.54, 1.807) is 0 Å². The molecule has 2 fully saturated rings. The van der Waals surface area contributed by atoms with Crippen molar-refractivity contribution in [3.8, 4) is 0 Å². The Labute approximate surface area is 204 Å². The van der Waals surface area contributed by atoms with Crippen molar-refractivity contribution in [2.45, 2.75) is 75.5 Å². The number of hydrogen-bond acceptors (Lipinski definition) is 4. The minimum absolute atomic E-state index is 0.450. The standard InChI is InChI=1S/C30H38N4/c1-3-11-23(12-4-1)31-27-15-7-9-17-29(27)33-25-19-21-26(22-20-25)34-30-18-10-8-16-28(30)32-24-13-5-2-6-14-24/h1-6,11-14,19-22,27-34H,7-10,15-18H2/t27-,28-,29-,30-/m0/s1. The highest BCUT2D eigenvalue weighted by Gasteiger charge is 2.26. The Morgan fingerprint density at radius 2 is 0.618 bits per heavy atom. The summed E-state index contributed by atoms with van der Waals surface area (Å²) < 4.78 is 0. The quantitative estimate of drug-likeness (QED) is 0.287. The Hall–Kier alpha value is -3.14. The van der Waals surface area contributed by atoms with Gasteiger partial charge in [-0.3, -0.25) is 0 Å². The van der Waals surface area contributed by atoms with E-state index < -0.39 is 0 Å². The fourth-order valence-corrected chi connectivity index (χ4v) is 5.54. The third kappa shape index (κ3) is 6.05. The molecule has 0 aliphatic heterocycles. The maximum absolute atomic E-state index is 3.82. The lowest BCUT2D eigenvalue weighted by molar-refractivity contribution is 0.423. The van der Waals surface area contributed by atoms with Crippen LogP contribution in [0.5, 0.6) is 0 Å². The maximum Gasteiger partial charge on any atom is 0.0462 e. The van der Waals surface area contributed by atoms with Crippen LogP contribution in [0.3, 0.4) is 0 Å². The lowest BCUT2D eigenvalue weighted by atomic mass is 9.89. The van der Waals surface area contributed by atoms with E-state index in [1.165, 1.54) is 74.1 Å². The van der Waals surface area contributed by atoms with Crippen molar-refractivity contribution in [1.82, 2.24) is 0 Å². The number of para-hydroxylation sites is 2. The summed E-state index contributed by atoms with van der Waals surface area (Å²) in [6.07, 6.45) is 10.0. The molecule has 5 rings (SSSR count). The first kappa shape index (κ1) is 22.6.